The minimum Gasteiger partial charge on any atom is -0.392 e. The standard InChI is InChI=1S/C13H20ClNO3S/c1-4-13(3,5-2)15-19(17,18)12-8-10(9-16)6-7-11(12)14/h6-8,15-16H,4-5,9H2,1-3H3. The van der Waals surface area contributed by atoms with E-state index in [4.69, 9.17) is 16.7 Å². The van der Waals surface area contributed by atoms with Crippen LogP contribution in [0, 0.1) is 0 Å². The quantitative estimate of drug-likeness (QED) is 0.849. The Bertz CT molecular complexity index is 539. The molecule has 0 aromatic heterocycles. The van der Waals surface area contributed by atoms with Crippen molar-refractivity contribution < 1.29 is 13.5 Å². The monoisotopic (exact) mass is 305 g/mol. The molecule has 1 aromatic carbocycles. The number of benzene rings is 1. The second-order valence-electron chi connectivity index (χ2n) is 4.80. The minimum atomic E-state index is -3.70. The van der Waals surface area contributed by atoms with Crippen LogP contribution in [0.2, 0.25) is 5.02 Å². The molecule has 0 saturated heterocycles. The molecule has 19 heavy (non-hydrogen) atoms. The molecule has 0 atom stereocenters. The molecule has 0 heterocycles. The highest BCUT2D eigenvalue weighted by molar-refractivity contribution is 7.89. The normalized spacial score (nSPS) is 12.7. The van der Waals surface area contributed by atoms with Gasteiger partial charge in [0.05, 0.1) is 11.6 Å². The van der Waals surface area contributed by atoms with Crippen LogP contribution in [-0.2, 0) is 16.6 Å². The van der Waals surface area contributed by atoms with Gasteiger partial charge in [-0.2, -0.15) is 0 Å². The number of rotatable bonds is 6. The zero-order chi connectivity index (χ0) is 14.7. The van der Waals surface area contributed by atoms with Crippen molar-refractivity contribution >= 4 is 21.6 Å². The third-order valence-electron chi connectivity index (χ3n) is 3.41. The van der Waals surface area contributed by atoms with Gasteiger partial charge in [-0.25, -0.2) is 13.1 Å². The van der Waals surface area contributed by atoms with Crippen LogP contribution < -0.4 is 4.72 Å². The number of aliphatic hydroxyl groups excluding tert-OH is 1. The molecule has 0 amide bonds. The van der Waals surface area contributed by atoms with E-state index in [2.05, 4.69) is 4.72 Å². The largest absolute Gasteiger partial charge is 0.392 e. The summed E-state index contributed by atoms with van der Waals surface area (Å²) in [5.41, 5.74) is 0.0108. The van der Waals surface area contributed by atoms with E-state index < -0.39 is 15.6 Å². The van der Waals surface area contributed by atoms with E-state index in [0.29, 0.717) is 18.4 Å². The van der Waals surface area contributed by atoms with Crippen molar-refractivity contribution in [3.05, 3.63) is 28.8 Å². The number of halogens is 1. The maximum atomic E-state index is 12.4. The highest BCUT2D eigenvalue weighted by atomic mass is 35.5. The molecule has 1 aromatic rings. The topological polar surface area (TPSA) is 66.4 Å². The maximum Gasteiger partial charge on any atom is 0.242 e. The predicted molar refractivity (Wildman–Crippen MR) is 76.7 cm³/mol. The van der Waals surface area contributed by atoms with Crippen molar-refractivity contribution in [1.82, 2.24) is 4.72 Å². The summed E-state index contributed by atoms with van der Waals surface area (Å²) < 4.78 is 27.4. The smallest absolute Gasteiger partial charge is 0.242 e. The Kier molecular flexibility index (Phi) is 5.38. The molecule has 1 rings (SSSR count). The predicted octanol–water partition coefficient (Wildman–Crippen LogP) is 2.69. The van der Waals surface area contributed by atoms with Crippen molar-refractivity contribution in [2.75, 3.05) is 0 Å². The summed E-state index contributed by atoms with van der Waals surface area (Å²) >= 11 is 5.95. The summed E-state index contributed by atoms with van der Waals surface area (Å²) in [6.07, 6.45) is 1.36. The van der Waals surface area contributed by atoms with Crippen LogP contribution in [0.1, 0.15) is 39.2 Å². The highest BCUT2D eigenvalue weighted by Crippen LogP contribution is 2.25. The fourth-order valence-electron chi connectivity index (χ4n) is 1.63. The van der Waals surface area contributed by atoms with Crippen molar-refractivity contribution in [2.45, 2.75) is 50.7 Å². The molecule has 0 bridgehead atoms. The Morgan fingerprint density at radius 2 is 1.89 bits per heavy atom. The van der Waals surface area contributed by atoms with Crippen molar-refractivity contribution in [1.29, 1.82) is 0 Å². The van der Waals surface area contributed by atoms with Crippen molar-refractivity contribution in [3.8, 4) is 0 Å². The van der Waals surface area contributed by atoms with Crippen molar-refractivity contribution in [3.63, 3.8) is 0 Å². The van der Waals surface area contributed by atoms with Crippen LogP contribution in [0.3, 0.4) is 0 Å². The molecule has 0 saturated carbocycles. The molecule has 0 unspecified atom stereocenters. The molecule has 0 aliphatic heterocycles. The number of sulfonamides is 1. The molecular formula is C13H20ClNO3S. The van der Waals surface area contributed by atoms with Gasteiger partial charge in [0.1, 0.15) is 4.90 Å². The van der Waals surface area contributed by atoms with Gasteiger partial charge in [-0.3, -0.25) is 0 Å². The third-order valence-corrected chi connectivity index (χ3v) is 5.53. The Balaban J connectivity index is 3.20. The van der Waals surface area contributed by atoms with E-state index >= 15 is 0 Å². The van der Waals surface area contributed by atoms with Gasteiger partial charge < -0.3 is 5.11 Å². The van der Waals surface area contributed by atoms with Gasteiger partial charge in [0.15, 0.2) is 0 Å². The summed E-state index contributed by atoms with van der Waals surface area (Å²) in [6.45, 7) is 5.49. The van der Waals surface area contributed by atoms with E-state index in [0.717, 1.165) is 0 Å². The number of hydrogen-bond donors (Lipinski definition) is 2. The first-order valence-corrected chi connectivity index (χ1v) is 8.07. The van der Waals surface area contributed by atoms with Gasteiger partial charge in [-0.05, 0) is 37.5 Å². The SMILES string of the molecule is CCC(C)(CC)NS(=O)(=O)c1cc(CO)ccc1Cl. The molecule has 0 spiro atoms. The van der Waals surface area contributed by atoms with Crippen LogP contribution in [0.25, 0.3) is 0 Å². The molecule has 0 aliphatic rings. The number of hydrogen-bond acceptors (Lipinski definition) is 3. The van der Waals surface area contributed by atoms with Gasteiger partial charge in [0, 0.05) is 5.54 Å². The molecule has 0 radical (unpaired) electrons. The van der Waals surface area contributed by atoms with E-state index in [1.165, 1.54) is 12.1 Å². The van der Waals surface area contributed by atoms with Gasteiger partial charge in [-0.15, -0.1) is 0 Å². The molecule has 2 N–H and O–H groups in total. The molecule has 4 nitrogen and oxygen atoms in total. The zero-order valence-corrected chi connectivity index (χ0v) is 13.0. The van der Waals surface area contributed by atoms with Gasteiger partial charge in [0.25, 0.3) is 0 Å². The second-order valence-corrected chi connectivity index (χ2v) is 6.85. The number of nitrogens with one attached hydrogen (secondary N) is 1. The van der Waals surface area contributed by atoms with Gasteiger partial charge in [0.2, 0.25) is 10.0 Å². The second kappa shape index (κ2) is 6.22. The molecular weight excluding hydrogens is 286 g/mol. The van der Waals surface area contributed by atoms with E-state index in [9.17, 15) is 8.42 Å². The van der Waals surface area contributed by atoms with E-state index in [1.54, 1.807) is 6.07 Å². The van der Waals surface area contributed by atoms with Crippen LogP contribution in [0.4, 0.5) is 0 Å². The van der Waals surface area contributed by atoms with E-state index in [-0.39, 0.29) is 16.5 Å². The van der Waals surface area contributed by atoms with Gasteiger partial charge in [-0.1, -0.05) is 31.5 Å². The summed E-state index contributed by atoms with van der Waals surface area (Å²) in [4.78, 5) is 0.00819. The summed E-state index contributed by atoms with van der Waals surface area (Å²) in [5, 5.41) is 9.24. The highest BCUT2D eigenvalue weighted by Gasteiger charge is 2.28. The maximum absolute atomic E-state index is 12.4. The average Bonchev–Trinajstić information content (AvgIpc) is 2.38. The average molecular weight is 306 g/mol. The summed E-state index contributed by atoms with van der Waals surface area (Å²) in [7, 11) is -3.70. The van der Waals surface area contributed by atoms with E-state index in [1.807, 2.05) is 20.8 Å². The lowest BCUT2D eigenvalue weighted by Crippen LogP contribution is -2.44. The zero-order valence-electron chi connectivity index (χ0n) is 11.4. The Labute approximate surface area is 119 Å². The first kappa shape index (κ1) is 16.4. The molecule has 0 aliphatic carbocycles. The lowest BCUT2D eigenvalue weighted by molar-refractivity contribution is 0.281. The van der Waals surface area contributed by atoms with Crippen molar-refractivity contribution in [2.24, 2.45) is 0 Å². The van der Waals surface area contributed by atoms with Crippen LogP contribution in [0.15, 0.2) is 23.1 Å². The Hall–Kier alpha value is -0.620. The first-order chi connectivity index (χ1) is 8.78. The van der Waals surface area contributed by atoms with Gasteiger partial charge >= 0.3 is 0 Å². The molecule has 6 heteroatoms. The lowest BCUT2D eigenvalue weighted by Gasteiger charge is -2.28. The molecule has 0 fully saturated rings. The lowest BCUT2D eigenvalue weighted by atomic mass is 9.98. The third kappa shape index (κ3) is 3.92. The summed E-state index contributed by atoms with van der Waals surface area (Å²) in [6, 6.07) is 4.48. The van der Waals surface area contributed by atoms with Crippen LogP contribution >= 0.6 is 11.6 Å². The van der Waals surface area contributed by atoms with Crippen LogP contribution in [0.5, 0.6) is 0 Å². The Morgan fingerprint density at radius 3 is 2.37 bits per heavy atom. The fourth-order valence-corrected chi connectivity index (χ4v) is 3.73. The fraction of sp³-hybridized carbons (Fsp3) is 0.538. The Morgan fingerprint density at radius 1 is 1.32 bits per heavy atom. The number of aliphatic hydroxyl groups is 1. The minimum absolute atomic E-state index is 0.00819. The first-order valence-electron chi connectivity index (χ1n) is 6.21. The van der Waals surface area contributed by atoms with Crippen LogP contribution in [-0.4, -0.2) is 19.1 Å². The molecule has 108 valence electrons. The summed E-state index contributed by atoms with van der Waals surface area (Å²) in [5.74, 6) is 0.